The molecule has 0 aromatic heterocycles. The molecular formula is C40H71O8P. The predicted octanol–water partition coefficient (Wildman–Crippen LogP) is 11.6. The van der Waals surface area contributed by atoms with E-state index in [0.29, 0.717) is 12.8 Å². The minimum atomic E-state index is -4.76. The van der Waals surface area contributed by atoms with Gasteiger partial charge in [-0.2, -0.15) is 0 Å². The molecule has 0 bridgehead atoms. The minimum Gasteiger partial charge on any atom is -0.462 e. The zero-order valence-corrected chi connectivity index (χ0v) is 32.0. The van der Waals surface area contributed by atoms with E-state index < -0.39 is 32.5 Å². The summed E-state index contributed by atoms with van der Waals surface area (Å²) in [6.07, 6.45) is 42.6. The van der Waals surface area contributed by atoms with E-state index in [4.69, 9.17) is 19.3 Å². The van der Waals surface area contributed by atoms with Gasteiger partial charge in [-0.3, -0.25) is 14.1 Å². The number of carbonyl (C=O) groups is 2. The fourth-order valence-electron chi connectivity index (χ4n) is 5.19. The van der Waals surface area contributed by atoms with Crippen molar-refractivity contribution in [1.29, 1.82) is 0 Å². The van der Waals surface area contributed by atoms with Crippen molar-refractivity contribution in [3.8, 4) is 0 Å². The number of phosphoric ester groups is 1. The Kier molecular flexibility index (Phi) is 34.4. The Bertz CT molecular complexity index is 937. The number of allylic oxidation sites excluding steroid dienone is 8. The van der Waals surface area contributed by atoms with E-state index in [9.17, 15) is 14.2 Å². The van der Waals surface area contributed by atoms with Crippen LogP contribution in [0.25, 0.3) is 0 Å². The van der Waals surface area contributed by atoms with Crippen molar-refractivity contribution < 1.29 is 37.9 Å². The first-order chi connectivity index (χ1) is 23.8. The molecule has 1 atom stereocenters. The van der Waals surface area contributed by atoms with Crippen LogP contribution in [0.15, 0.2) is 48.6 Å². The molecule has 0 radical (unpaired) electrons. The highest BCUT2D eigenvalue weighted by Crippen LogP contribution is 2.36. The molecule has 49 heavy (non-hydrogen) atoms. The van der Waals surface area contributed by atoms with Gasteiger partial charge in [-0.1, -0.05) is 159 Å². The Morgan fingerprint density at radius 3 is 1.43 bits per heavy atom. The zero-order valence-electron chi connectivity index (χ0n) is 31.1. The molecule has 9 heteroatoms. The molecule has 0 aromatic rings. The molecule has 0 spiro atoms. The predicted molar refractivity (Wildman–Crippen MR) is 202 cm³/mol. The normalized spacial score (nSPS) is 13.0. The Labute approximate surface area is 299 Å². The van der Waals surface area contributed by atoms with Gasteiger partial charge in [0.1, 0.15) is 6.61 Å². The van der Waals surface area contributed by atoms with Crippen LogP contribution >= 0.6 is 7.82 Å². The maximum absolute atomic E-state index is 12.4. The molecule has 0 unspecified atom stereocenters. The number of phosphoric acid groups is 1. The van der Waals surface area contributed by atoms with Crippen LogP contribution in [0.1, 0.15) is 174 Å². The van der Waals surface area contributed by atoms with Gasteiger partial charge in [0.15, 0.2) is 6.10 Å². The quantitative estimate of drug-likeness (QED) is 0.0289. The molecule has 0 saturated carbocycles. The topological polar surface area (TPSA) is 119 Å². The highest BCUT2D eigenvalue weighted by molar-refractivity contribution is 7.46. The van der Waals surface area contributed by atoms with E-state index >= 15 is 0 Å². The van der Waals surface area contributed by atoms with Crippen LogP contribution in [0.2, 0.25) is 0 Å². The Morgan fingerprint density at radius 1 is 0.531 bits per heavy atom. The van der Waals surface area contributed by atoms with E-state index in [1.807, 2.05) is 6.08 Å². The van der Waals surface area contributed by atoms with E-state index in [-0.39, 0.29) is 19.4 Å². The summed E-state index contributed by atoms with van der Waals surface area (Å²) in [7, 11) is -4.76. The molecule has 0 amide bonds. The van der Waals surface area contributed by atoms with E-state index in [1.165, 1.54) is 89.9 Å². The van der Waals surface area contributed by atoms with Crippen LogP contribution in [-0.2, 0) is 28.2 Å². The molecule has 0 fully saturated rings. The third kappa shape index (κ3) is 38.7. The van der Waals surface area contributed by atoms with Gasteiger partial charge >= 0.3 is 19.8 Å². The van der Waals surface area contributed by atoms with Crippen molar-refractivity contribution in [3.63, 3.8) is 0 Å². The first kappa shape index (κ1) is 47.0. The van der Waals surface area contributed by atoms with Crippen molar-refractivity contribution in [1.82, 2.24) is 0 Å². The molecular weight excluding hydrogens is 639 g/mol. The van der Waals surface area contributed by atoms with Crippen molar-refractivity contribution in [2.24, 2.45) is 0 Å². The maximum atomic E-state index is 12.4. The fraction of sp³-hybridized carbons (Fsp3) is 0.750. The van der Waals surface area contributed by atoms with Gasteiger partial charge in [0.05, 0.1) is 6.61 Å². The van der Waals surface area contributed by atoms with Crippen LogP contribution in [0.4, 0.5) is 0 Å². The second kappa shape index (κ2) is 35.8. The third-order valence-corrected chi connectivity index (χ3v) is 8.59. The molecule has 0 rings (SSSR count). The van der Waals surface area contributed by atoms with Gasteiger partial charge in [-0.05, 0) is 51.4 Å². The van der Waals surface area contributed by atoms with Crippen molar-refractivity contribution in [2.75, 3.05) is 13.2 Å². The van der Waals surface area contributed by atoms with Crippen molar-refractivity contribution in [3.05, 3.63) is 48.6 Å². The second-order valence-electron chi connectivity index (χ2n) is 12.9. The number of hydrogen-bond acceptors (Lipinski definition) is 6. The highest BCUT2D eigenvalue weighted by Gasteiger charge is 2.22. The van der Waals surface area contributed by atoms with Gasteiger partial charge in [0.2, 0.25) is 0 Å². The average molecular weight is 711 g/mol. The number of esters is 2. The maximum Gasteiger partial charge on any atom is 0.469 e. The summed E-state index contributed by atoms with van der Waals surface area (Å²) in [5, 5.41) is 0. The summed E-state index contributed by atoms with van der Waals surface area (Å²) in [4.78, 5) is 42.7. The molecule has 0 aliphatic rings. The van der Waals surface area contributed by atoms with Crippen LogP contribution in [0.3, 0.4) is 0 Å². The monoisotopic (exact) mass is 710 g/mol. The smallest absolute Gasteiger partial charge is 0.462 e. The number of carbonyl (C=O) groups excluding carboxylic acids is 2. The molecule has 2 N–H and O–H groups in total. The number of hydrogen-bond donors (Lipinski definition) is 2. The van der Waals surface area contributed by atoms with Gasteiger partial charge in [-0.25, -0.2) is 4.57 Å². The molecule has 0 aromatic carbocycles. The lowest BCUT2D eigenvalue weighted by Crippen LogP contribution is -2.29. The van der Waals surface area contributed by atoms with Crippen LogP contribution in [-0.4, -0.2) is 41.0 Å². The van der Waals surface area contributed by atoms with Crippen molar-refractivity contribution in [2.45, 2.75) is 180 Å². The van der Waals surface area contributed by atoms with Gasteiger partial charge in [0, 0.05) is 12.8 Å². The largest absolute Gasteiger partial charge is 0.469 e. The number of rotatable bonds is 35. The van der Waals surface area contributed by atoms with Crippen LogP contribution in [0, 0.1) is 0 Å². The molecule has 0 aliphatic carbocycles. The Hall–Kier alpha value is -1.99. The van der Waals surface area contributed by atoms with Crippen LogP contribution < -0.4 is 0 Å². The van der Waals surface area contributed by atoms with Gasteiger partial charge in [-0.15, -0.1) is 0 Å². The standard InChI is InChI=1S/C40H71O8P/c1-3-5-7-9-11-13-15-17-19-20-21-23-24-26-28-30-32-34-39(41)46-36-38(37-47-49(43,44)45)48-40(42)35-33-31-29-27-25-22-18-16-14-12-10-8-6-4-2/h11,13,17,19,21,23,26,28,38H,3-10,12,14-16,18,20,22,24-25,27,29-37H2,1-2H3,(H2,43,44,45)/b13-11-,19-17-,23-21-,28-26-/t38-/m1/s1. The number of ether oxygens (including phenoxy) is 2. The lowest BCUT2D eigenvalue weighted by Gasteiger charge is -2.18. The molecule has 0 heterocycles. The van der Waals surface area contributed by atoms with Crippen molar-refractivity contribution >= 4 is 19.8 Å². The zero-order chi connectivity index (χ0) is 36.1. The van der Waals surface area contributed by atoms with Gasteiger partial charge < -0.3 is 19.3 Å². The SMILES string of the molecule is CCCCC/C=C\C/C=C\C/C=C\C/C=C\CCCC(=O)OC[C@H](COP(=O)(O)O)OC(=O)CCCCCCCCCCCCCCCC. The van der Waals surface area contributed by atoms with Crippen LogP contribution in [0.5, 0.6) is 0 Å². The first-order valence-electron chi connectivity index (χ1n) is 19.4. The Morgan fingerprint density at radius 2 is 0.939 bits per heavy atom. The lowest BCUT2D eigenvalue weighted by atomic mass is 10.0. The molecule has 284 valence electrons. The third-order valence-electron chi connectivity index (χ3n) is 8.10. The summed E-state index contributed by atoms with van der Waals surface area (Å²) < 4.78 is 26.3. The Balaban J connectivity index is 4.05. The van der Waals surface area contributed by atoms with E-state index in [1.54, 1.807) is 0 Å². The summed E-state index contributed by atoms with van der Waals surface area (Å²) in [6, 6.07) is 0. The van der Waals surface area contributed by atoms with E-state index in [2.05, 4.69) is 60.9 Å². The number of unbranched alkanes of at least 4 members (excludes halogenated alkanes) is 17. The first-order valence-corrected chi connectivity index (χ1v) is 21.0. The summed E-state index contributed by atoms with van der Waals surface area (Å²) in [5.41, 5.74) is 0. The second-order valence-corrected chi connectivity index (χ2v) is 14.1. The molecule has 0 aliphatic heterocycles. The average Bonchev–Trinajstić information content (AvgIpc) is 3.07. The molecule has 8 nitrogen and oxygen atoms in total. The highest BCUT2D eigenvalue weighted by atomic mass is 31.2. The summed E-state index contributed by atoms with van der Waals surface area (Å²) >= 11 is 0. The lowest BCUT2D eigenvalue weighted by molar-refractivity contribution is -0.161. The summed E-state index contributed by atoms with van der Waals surface area (Å²) in [6.45, 7) is 3.60. The van der Waals surface area contributed by atoms with E-state index in [0.717, 1.165) is 44.9 Å². The summed E-state index contributed by atoms with van der Waals surface area (Å²) in [5.74, 6) is -0.949. The van der Waals surface area contributed by atoms with Gasteiger partial charge in [0.25, 0.3) is 0 Å². The fourth-order valence-corrected chi connectivity index (χ4v) is 5.55. The molecule has 0 saturated heterocycles. The minimum absolute atomic E-state index is 0.192.